The summed E-state index contributed by atoms with van der Waals surface area (Å²) < 4.78 is 32.5. The van der Waals surface area contributed by atoms with E-state index in [-0.39, 0.29) is 17.5 Å². The molecule has 0 amide bonds. The number of fused-ring (bicyclic) bond motifs is 1. The lowest BCUT2D eigenvalue weighted by Gasteiger charge is -2.25. The number of sulfonamides is 1. The first-order valence-electron chi connectivity index (χ1n) is 6.73. The molecule has 1 aliphatic rings. The molecule has 110 valence electrons. The van der Waals surface area contributed by atoms with Crippen molar-refractivity contribution < 1.29 is 13.2 Å². The van der Waals surface area contributed by atoms with Gasteiger partial charge in [-0.05, 0) is 23.3 Å². The zero-order valence-electron chi connectivity index (χ0n) is 11.4. The van der Waals surface area contributed by atoms with Gasteiger partial charge in [0, 0.05) is 25.4 Å². The zero-order chi connectivity index (χ0) is 14.7. The second-order valence-corrected chi connectivity index (χ2v) is 6.71. The molecule has 0 aliphatic carbocycles. The lowest BCUT2D eigenvalue weighted by atomic mass is 9.99. The maximum Gasteiger partial charge on any atom is 0.242 e. The Balaban J connectivity index is 1.64. The van der Waals surface area contributed by atoms with Gasteiger partial charge in [0.1, 0.15) is 4.90 Å². The minimum Gasteiger partial charge on any atom is -0.372 e. The lowest BCUT2D eigenvalue weighted by Crippen LogP contribution is -2.36. The molecule has 6 heteroatoms. The van der Waals surface area contributed by atoms with Gasteiger partial charge >= 0.3 is 0 Å². The van der Waals surface area contributed by atoms with Crippen LogP contribution >= 0.6 is 0 Å². The smallest absolute Gasteiger partial charge is 0.242 e. The molecule has 0 spiro atoms. The van der Waals surface area contributed by atoms with Gasteiger partial charge in [-0.15, -0.1) is 0 Å². The van der Waals surface area contributed by atoms with Gasteiger partial charge in [-0.2, -0.15) is 0 Å². The van der Waals surface area contributed by atoms with Crippen molar-refractivity contribution in [1.29, 1.82) is 0 Å². The first kappa shape index (κ1) is 14.2. The van der Waals surface area contributed by atoms with Crippen LogP contribution in [0, 0.1) is 0 Å². The standard InChI is InChI=1S/C15H16N2O3S/c18-21(19,15-6-3-7-16-10-15)17-9-14-8-12-4-1-2-5-13(12)11-20-14/h1-7,10,14,17H,8-9,11H2. The van der Waals surface area contributed by atoms with Crippen LogP contribution in [-0.2, 0) is 27.8 Å². The highest BCUT2D eigenvalue weighted by atomic mass is 32.2. The van der Waals surface area contributed by atoms with Crippen molar-refractivity contribution in [2.75, 3.05) is 6.54 Å². The van der Waals surface area contributed by atoms with Crippen LogP contribution in [0.2, 0.25) is 0 Å². The summed E-state index contributed by atoms with van der Waals surface area (Å²) in [5, 5.41) is 0. The average Bonchev–Trinajstić information content (AvgIpc) is 2.54. The average molecular weight is 304 g/mol. The van der Waals surface area contributed by atoms with Crippen LogP contribution in [-0.4, -0.2) is 26.1 Å². The summed E-state index contributed by atoms with van der Waals surface area (Å²) in [5.74, 6) is 0. The Morgan fingerprint density at radius 2 is 2.00 bits per heavy atom. The minimum atomic E-state index is -3.53. The first-order chi connectivity index (χ1) is 10.1. The maximum absolute atomic E-state index is 12.1. The van der Waals surface area contributed by atoms with Gasteiger partial charge in [-0.1, -0.05) is 24.3 Å². The molecule has 3 rings (SSSR count). The molecule has 1 aromatic carbocycles. The Morgan fingerprint density at radius 1 is 1.19 bits per heavy atom. The van der Waals surface area contributed by atoms with E-state index in [2.05, 4.69) is 15.8 Å². The minimum absolute atomic E-state index is 0.147. The monoisotopic (exact) mass is 304 g/mol. The van der Waals surface area contributed by atoms with Crippen molar-refractivity contribution in [3.05, 3.63) is 59.9 Å². The van der Waals surface area contributed by atoms with Gasteiger partial charge in [-0.25, -0.2) is 13.1 Å². The second kappa shape index (κ2) is 5.93. The third-order valence-electron chi connectivity index (χ3n) is 3.49. The Kier molecular flexibility index (Phi) is 4.01. The summed E-state index contributed by atoms with van der Waals surface area (Å²) in [7, 11) is -3.53. The summed E-state index contributed by atoms with van der Waals surface area (Å²) >= 11 is 0. The molecule has 2 aromatic rings. The number of nitrogens with zero attached hydrogens (tertiary/aromatic N) is 1. The van der Waals surface area contributed by atoms with Crippen LogP contribution in [0.1, 0.15) is 11.1 Å². The van der Waals surface area contributed by atoms with Crippen LogP contribution in [0.4, 0.5) is 0 Å². The Morgan fingerprint density at radius 3 is 2.76 bits per heavy atom. The maximum atomic E-state index is 12.1. The van der Waals surface area contributed by atoms with E-state index in [4.69, 9.17) is 4.74 Å². The Hall–Kier alpha value is -1.76. The molecule has 0 bridgehead atoms. The molecule has 5 nitrogen and oxygen atoms in total. The summed E-state index contributed by atoms with van der Waals surface area (Å²) in [6.07, 6.45) is 3.44. The van der Waals surface area contributed by atoms with E-state index in [1.54, 1.807) is 12.3 Å². The third-order valence-corrected chi connectivity index (χ3v) is 4.90. The number of aromatic nitrogens is 1. The van der Waals surface area contributed by atoms with Gasteiger partial charge in [0.2, 0.25) is 10.0 Å². The fourth-order valence-corrected chi connectivity index (χ4v) is 3.36. The highest BCUT2D eigenvalue weighted by Gasteiger charge is 2.21. The number of rotatable bonds is 4. The van der Waals surface area contributed by atoms with Gasteiger partial charge in [0.25, 0.3) is 0 Å². The van der Waals surface area contributed by atoms with Crippen LogP contribution in [0.3, 0.4) is 0 Å². The molecule has 1 aromatic heterocycles. The SMILES string of the molecule is O=S(=O)(NCC1Cc2ccccc2CO1)c1cccnc1. The van der Waals surface area contributed by atoms with E-state index in [1.807, 2.05) is 18.2 Å². The Labute approximate surface area is 124 Å². The molecule has 2 heterocycles. The third kappa shape index (κ3) is 3.29. The van der Waals surface area contributed by atoms with Crippen molar-refractivity contribution in [3.8, 4) is 0 Å². The molecule has 1 atom stereocenters. The van der Waals surface area contributed by atoms with Gasteiger partial charge < -0.3 is 4.74 Å². The number of pyridine rings is 1. The summed E-state index contributed by atoms with van der Waals surface area (Å²) in [6.45, 7) is 0.779. The quantitative estimate of drug-likeness (QED) is 0.929. The summed E-state index contributed by atoms with van der Waals surface area (Å²) in [6, 6.07) is 11.2. The second-order valence-electron chi connectivity index (χ2n) is 4.95. The number of nitrogens with one attached hydrogen (secondary N) is 1. The van der Waals surface area contributed by atoms with Crippen LogP contribution < -0.4 is 4.72 Å². The van der Waals surface area contributed by atoms with E-state index in [1.165, 1.54) is 23.4 Å². The van der Waals surface area contributed by atoms with E-state index < -0.39 is 10.0 Å². The fourth-order valence-electron chi connectivity index (χ4n) is 2.33. The van der Waals surface area contributed by atoms with Crippen molar-refractivity contribution >= 4 is 10.0 Å². The van der Waals surface area contributed by atoms with Crippen LogP contribution in [0.15, 0.2) is 53.7 Å². The van der Waals surface area contributed by atoms with Crippen molar-refractivity contribution in [1.82, 2.24) is 9.71 Å². The molecular formula is C15H16N2O3S. The predicted molar refractivity (Wildman–Crippen MR) is 78.1 cm³/mol. The topological polar surface area (TPSA) is 68.3 Å². The molecule has 0 saturated carbocycles. The Bertz CT molecular complexity index is 717. The number of hydrogen-bond acceptors (Lipinski definition) is 4. The molecule has 0 saturated heterocycles. The summed E-state index contributed by atoms with van der Waals surface area (Å²) in [4.78, 5) is 3.99. The molecular weight excluding hydrogens is 288 g/mol. The van der Waals surface area contributed by atoms with E-state index >= 15 is 0 Å². The first-order valence-corrected chi connectivity index (χ1v) is 8.21. The number of ether oxygens (including phenoxy) is 1. The van der Waals surface area contributed by atoms with Gasteiger partial charge in [0.05, 0.1) is 12.7 Å². The predicted octanol–water partition coefficient (Wildman–Crippen LogP) is 1.50. The lowest BCUT2D eigenvalue weighted by molar-refractivity contribution is 0.0322. The van der Waals surface area contributed by atoms with Gasteiger partial charge in [-0.3, -0.25) is 4.98 Å². The highest BCUT2D eigenvalue weighted by Crippen LogP contribution is 2.20. The fraction of sp³-hybridized carbons (Fsp3) is 0.267. The molecule has 0 radical (unpaired) electrons. The summed E-state index contributed by atoms with van der Waals surface area (Å²) in [5.41, 5.74) is 2.39. The van der Waals surface area contributed by atoms with Gasteiger partial charge in [0.15, 0.2) is 0 Å². The molecule has 0 fully saturated rings. The molecule has 1 unspecified atom stereocenters. The zero-order valence-corrected chi connectivity index (χ0v) is 12.2. The molecule has 21 heavy (non-hydrogen) atoms. The van der Waals surface area contributed by atoms with E-state index in [0.717, 1.165) is 0 Å². The molecule has 1 aliphatic heterocycles. The normalized spacial score (nSPS) is 18.2. The van der Waals surface area contributed by atoms with Crippen molar-refractivity contribution in [3.63, 3.8) is 0 Å². The van der Waals surface area contributed by atoms with E-state index in [0.29, 0.717) is 13.0 Å². The van der Waals surface area contributed by atoms with Crippen LogP contribution in [0.5, 0.6) is 0 Å². The number of benzene rings is 1. The largest absolute Gasteiger partial charge is 0.372 e. The highest BCUT2D eigenvalue weighted by molar-refractivity contribution is 7.89. The van der Waals surface area contributed by atoms with E-state index in [9.17, 15) is 8.42 Å². The van der Waals surface area contributed by atoms with Crippen LogP contribution in [0.25, 0.3) is 0 Å². The molecule has 1 N–H and O–H groups in total. The van der Waals surface area contributed by atoms with Crippen molar-refractivity contribution in [2.24, 2.45) is 0 Å². The van der Waals surface area contributed by atoms with Crippen molar-refractivity contribution in [2.45, 2.75) is 24.0 Å². The number of hydrogen-bond donors (Lipinski definition) is 1.